The first kappa shape index (κ1) is 12.7. The number of anilines is 1. The minimum Gasteiger partial charge on any atom is -0.386 e. The van der Waals surface area contributed by atoms with Crippen molar-refractivity contribution < 1.29 is 4.92 Å². The molecule has 2 rings (SSSR count). The number of benzene rings is 2. The normalized spacial score (nSPS) is 10.6. The first-order valence-electron chi connectivity index (χ1n) is 5.63. The van der Waals surface area contributed by atoms with Crippen LogP contribution in [0, 0.1) is 10.1 Å². The molecule has 96 valence electrons. The lowest BCUT2D eigenvalue weighted by atomic mass is 10.3. The summed E-state index contributed by atoms with van der Waals surface area (Å²) in [4.78, 5) is 10.1. The molecule has 0 fully saturated rings. The van der Waals surface area contributed by atoms with Gasteiger partial charge in [-0.3, -0.25) is 10.1 Å². The lowest BCUT2D eigenvalue weighted by Crippen LogP contribution is -1.86. The van der Waals surface area contributed by atoms with E-state index in [4.69, 9.17) is 0 Å². The Balaban J connectivity index is 2.20. The van der Waals surface area contributed by atoms with Crippen molar-refractivity contribution in [2.24, 2.45) is 10.2 Å². The third-order valence-corrected chi connectivity index (χ3v) is 2.51. The molecule has 19 heavy (non-hydrogen) atoms. The predicted octanol–water partition coefficient (Wildman–Crippen LogP) is 4.05. The molecule has 0 aliphatic heterocycles. The van der Waals surface area contributed by atoms with Gasteiger partial charge in [-0.25, -0.2) is 0 Å². The van der Waals surface area contributed by atoms with Crippen molar-refractivity contribution in [3.8, 4) is 0 Å². The van der Waals surface area contributed by atoms with Crippen LogP contribution in [0.1, 0.15) is 0 Å². The second-order valence-corrected chi connectivity index (χ2v) is 3.74. The molecule has 0 spiro atoms. The minimum atomic E-state index is -0.447. The number of para-hydroxylation sites is 1. The Labute approximate surface area is 110 Å². The average Bonchev–Trinajstić information content (AvgIpc) is 2.45. The summed E-state index contributed by atoms with van der Waals surface area (Å²) >= 11 is 0. The number of hydrogen-bond donors (Lipinski definition) is 1. The molecule has 1 N–H and O–H groups in total. The summed E-state index contributed by atoms with van der Waals surface area (Å²) in [7, 11) is 1.81. The Morgan fingerprint density at radius 1 is 1.05 bits per heavy atom. The number of nitro benzene ring substituents is 1. The molecule has 0 unspecified atom stereocenters. The maximum atomic E-state index is 10.5. The highest BCUT2D eigenvalue weighted by Gasteiger charge is 2.03. The SMILES string of the molecule is CNc1ccccc1/N=N/c1ccc([N+](=O)[O-])cc1. The van der Waals surface area contributed by atoms with Crippen molar-refractivity contribution in [3.05, 3.63) is 58.6 Å². The molecule has 0 aromatic heterocycles. The highest BCUT2D eigenvalue weighted by Crippen LogP contribution is 2.26. The van der Waals surface area contributed by atoms with Gasteiger partial charge in [0, 0.05) is 19.2 Å². The minimum absolute atomic E-state index is 0.0366. The standard InChI is InChI=1S/C13H12N4O2/c1-14-12-4-2-3-5-13(12)16-15-10-6-8-11(9-7-10)17(18)19/h2-9,14H,1H3/b16-15+. The van der Waals surface area contributed by atoms with Gasteiger partial charge >= 0.3 is 0 Å². The molecular formula is C13H12N4O2. The Morgan fingerprint density at radius 3 is 2.37 bits per heavy atom. The summed E-state index contributed by atoms with van der Waals surface area (Å²) < 4.78 is 0. The Hall–Kier alpha value is -2.76. The van der Waals surface area contributed by atoms with Crippen LogP contribution < -0.4 is 5.32 Å². The van der Waals surface area contributed by atoms with Crippen LogP contribution in [0.25, 0.3) is 0 Å². The third-order valence-electron chi connectivity index (χ3n) is 2.51. The fraction of sp³-hybridized carbons (Fsp3) is 0.0769. The van der Waals surface area contributed by atoms with Gasteiger partial charge in [-0.15, -0.1) is 5.11 Å². The molecule has 0 aliphatic rings. The van der Waals surface area contributed by atoms with Gasteiger partial charge < -0.3 is 5.32 Å². The average molecular weight is 256 g/mol. The van der Waals surface area contributed by atoms with Crippen LogP contribution in [0.5, 0.6) is 0 Å². The van der Waals surface area contributed by atoms with Crippen LogP contribution >= 0.6 is 0 Å². The molecule has 6 nitrogen and oxygen atoms in total. The molecule has 2 aromatic carbocycles. The molecule has 0 heterocycles. The van der Waals surface area contributed by atoms with Crippen molar-refractivity contribution in [2.45, 2.75) is 0 Å². The lowest BCUT2D eigenvalue weighted by molar-refractivity contribution is -0.384. The number of nitro groups is 1. The first-order chi connectivity index (χ1) is 9.20. The maximum absolute atomic E-state index is 10.5. The number of nitrogens with one attached hydrogen (secondary N) is 1. The van der Waals surface area contributed by atoms with Gasteiger partial charge in [-0.05, 0) is 24.3 Å². The second kappa shape index (κ2) is 5.72. The van der Waals surface area contributed by atoms with Gasteiger partial charge in [0.25, 0.3) is 5.69 Å². The van der Waals surface area contributed by atoms with E-state index < -0.39 is 4.92 Å². The Morgan fingerprint density at radius 2 is 1.74 bits per heavy atom. The van der Waals surface area contributed by atoms with Crippen molar-refractivity contribution in [3.63, 3.8) is 0 Å². The van der Waals surface area contributed by atoms with Crippen LogP contribution in [0.2, 0.25) is 0 Å². The van der Waals surface area contributed by atoms with Crippen LogP contribution in [-0.2, 0) is 0 Å². The number of azo groups is 1. The molecular weight excluding hydrogens is 244 g/mol. The molecule has 0 amide bonds. The highest BCUT2D eigenvalue weighted by molar-refractivity contribution is 5.64. The van der Waals surface area contributed by atoms with E-state index in [1.54, 1.807) is 19.2 Å². The van der Waals surface area contributed by atoms with Crippen LogP contribution in [0.3, 0.4) is 0 Å². The number of rotatable bonds is 4. The van der Waals surface area contributed by atoms with E-state index in [0.717, 1.165) is 5.69 Å². The molecule has 0 saturated carbocycles. The van der Waals surface area contributed by atoms with Gasteiger partial charge in [0.05, 0.1) is 16.3 Å². The summed E-state index contributed by atoms with van der Waals surface area (Å²) in [5.41, 5.74) is 2.18. The Bertz CT molecular complexity index is 608. The third kappa shape index (κ3) is 3.12. The fourth-order valence-corrected chi connectivity index (χ4v) is 1.52. The molecule has 2 aromatic rings. The van der Waals surface area contributed by atoms with Crippen molar-refractivity contribution in [1.82, 2.24) is 0 Å². The van der Waals surface area contributed by atoms with Crippen molar-refractivity contribution >= 4 is 22.7 Å². The summed E-state index contributed by atoms with van der Waals surface area (Å²) in [6.45, 7) is 0. The number of hydrogen-bond acceptors (Lipinski definition) is 5. The Kier molecular flexibility index (Phi) is 3.82. The monoisotopic (exact) mass is 256 g/mol. The molecule has 0 radical (unpaired) electrons. The van der Waals surface area contributed by atoms with E-state index in [1.165, 1.54) is 12.1 Å². The van der Waals surface area contributed by atoms with Gasteiger partial charge in [-0.2, -0.15) is 5.11 Å². The van der Waals surface area contributed by atoms with Crippen LogP contribution in [-0.4, -0.2) is 12.0 Å². The zero-order valence-corrected chi connectivity index (χ0v) is 10.3. The first-order valence-corrected chi connectivity index (χ1v) is 5.63. The zero-order valence-electron chi connectivity index (χ0n) is 10.3. The van der Waals surface area contributed by atoms with Gasteiger partial charge in [0.1, 0.15) is 5.69 Å². The molecule has 0 bridgehead atoms. The summed E-state index contributed by atoms with van der Waals surface area (Å²) in [5.74, 6) is 0. The zero-order chi connectivity index (χ0) is 13.7. The van der Waals surface area contributed by atoms with Crippen LogP contribution in [0.15, 0.2) is 58.8 Å². The smallest absolute Gasteiger partial charge is 0.269 e. The predicted molar refractivity (Wildman–Crippen MR) is 73.3 cm³/mol. The van der Waals surface area contributed by atoms with Gasteiger partial charge in [-0.1, -0.05) is 12.1 Å². The number of non-ortho nitro benzene ring substituents is 1. The van der Waals surface area contributed by atoms with Crippen molar-refractivity contribution in [2.75, 3.05) is 12.4 Å². The van der Waals surface area contributed by atoms with Crippen molar-refractivity contribution in [1.29, 1.82) is 0 Å². The highest BCUT2D eigenvalue weighted by atomic mass is 16.6. The van der Waals surface area contributed by atoms with E-state index in [2.05, 4.69) is 15.5 Å². The number of nitrogens with zero attached hydrogens (tertiary/aromatic N) is 3. The second-order valence-electron chi connectivity index (χ2n) is 3.74. The molecule has 0 atom stereocenters. The summed E-state index contributed by atoms with van der Waals surface area (Å²) in [6, 6.07) is 13.4. The fourth-order valence-electron chi connectivity index (χ4n) is 1.52. The molecule has 0 aliphatic carbocycles. The topological polar surface area (TPSA) is 79.9 Å². The molecule has 6 heteroatoms. The molecule has 0 saturated heterocycles. The largest absolute Gasteiger partial charge is 0.386 e. The maximum Gasteiger partial charge on any atom is 0.269 e. The van der Waals surface area contributed by atoms with Crippen LogP contribution in [0.4, 0.5) is 22.7 Å². The van der Waals surface area contributed by atoms with Gasteiger partial charge in [0.15, 0.2) is 0 Å². The van der Waals surface area contributed by atoms with E-state index in [1.807, 2.05) is 24.3 Å². The lowest BCUT2D eigenvalue weighted by Gasteiger charge is -2.02. The summed E-state index contributed by atoms with van der Waals surface area (Å²) in [5, 5.41) is 21.7. The van der Waals surface area contributed by atoms with E-state index >= 15 is 0 Å². The van der Waals surface area contributed by atoms with E-state index in [0.29, 0.717) is 11.4 Å². The van der Waals surface area contributed by atoms with Gasteiger partial charge in [0.2, 0.25) is 0 Å². The quantitative estimate of drug-likeness (QED) is 0.509. The summed E-state index contributed by atoms with van der Waals surface area (Å²) in [6.07, 6.45) is 0. The van der Waals surface area contributed by atoms with E-state index in [9.17, 15) is 10.1 Å². The van der Waals surface area contributed by atoms with E-state index in [-0.39, 0.29) is 5.69 Å².